The third kappa shape index (κ3) is 1.02. The van der Waals surface area contributed by atoms with Crippen LogP contribution in [0.5, 0.6) is 0 Å². The molecule has 0 saturated heterocycles. The Morgan fingerprint density at radius 3 is 2.92 bits per heavy atom. The van der Waals surface area contributed by atoms with E-state index in [1.807, 2.05) is 6.92 Å². The molecule has 66 valence electrons. The first-order valence-corrected chi connectivity index (χ1v) is 3.96. The van der Waals surface area contributed by atoms with Crippen LogP contribution in [0, 0.1) is 0 Å². The summed E-state index contributed by atoms with van der Waals surface area (Å²) < 4.78 is 29.8. The zero-order valence-electron chi connectivity index (χ0n) is 6.68. The van der Waals surface area contributed by atoms with Crippen LogP contribution >= 0.6 is 0 Å². The summed E-state index contributed by atoms with van der Waals surface area (Å²) in [5.41, 5.74) is 1.25. The summed E-state index contributed by atoms with van der Waals surface area (Å²) in [7, 11) is 0. The van der Waals surface area contributed by atoms with E-state index >= 15 is 0 Å². The van der Waals surface area contributed by atoms with E-state index in [0.29, 0.717) is 12.1 Å². The van der Waals surface area contributed by atoms with Gasteiger partial charge in [0, 0.05) is 12.0 Å². The smallest absolute Gasteiger partial charge is 0.257 e. The molecule has 1 atom stereocenters. The van der Waals surface area contributed by atoms with Crippen LogP contribution in [-0.4, -0.2) is 11.1 Å². The molecule has 0 bridgehead atoms. The van der Waals surface area contributed by atoms with E-state index in [2.05, 4.69) is 9.68 Å². The van der Waals surface area contributed by atoms with Crippen LogP contribution in [0.1, 0.15) is 30.5 Å². The lowest BCUT2D eigenvalue weighted by Crippen LogP contribution is -1.95. The molecule has 1 heterocycles. The lowest BCUT2D eigenvalue weighted by molar-refractivity contribution is 0.111. The first-order chi connectivity index (χ1) is 5.65. The lowest BCUT2D eigenvalue weighted by Gasteiger charge is -1.94. The Bertz CT molecular complexity index is 295. The Kier molecular flexibility index (Phi) is 1.46. The Morgan fingerprint density at radius 1 is 1.75 bits per heavy atom. The molecule has 1 aliphatic carbocycles. The van der Waals surface area contributed by atoms with Crippen molar-refractivity contribution in [2.75, 3.05) is 0 Å². The predicted molar refractivity (Wildman–Crippen MR) is 38.2 cm³/mol. The summed E-state index contributed by atoms with van der Waals surface area (Å²) in [4.78, 5) is 0. The topological polar surface area (TPSA) is 26.0 Å². The first-order valence-electron chi connectivity index (χ1n) is 3.96. The minimum absolute atomic E-state index is 0.0769. The van der Waals surface area contributed by atoms with Gasteiger partial charge < -0.3 is 4.52 Å². The van der Waals surface area contributed by atoms with Gasteiger partial charge in [-0.05, 0) is 6.42 Å². The molecule has 2 nitrogen and oxygen atoms in total. The number of rotatable bonds is 2. The van der Waals surface area contributed by atoms with E-state index in [0.717, 1.165) is 5.56 Å². The van der Waals surface area contributed by atoms with Crippen molar-refractivity contribution >= 4 is 0 Å². The van der Waals surface area contributed by atoms with Gasteiger partial charge in [-0.25, -0.2) is 8.78 Å². The van der Waals surface area contributed by atoms with E-state index in [9.17, 15) is 8.78 Å². The molecule has 1 aromatic heterocycles. The summed E-state index contributed by atoms with van der Waals surface area (Å²) in [6.07, 6.45) is 2.07. The molecule has 0 amide bonds. The molecule has 2 rings (SSSR count). The van der Waals surface area contributed by atoms with E-state index in [1.54, 1.807) is 0 Å². The molecule has 0 N–H and O–H groups in total. The summed E-state index contributed by atoms with van der Waals surface area (Å²) in [6.45, 7) is 1.90. The van der Waals surface area contributed by atoms with Gasteiger partial charge in [-0.2, -0.15) is 0 Å². The second-order valence-electron chi connectivity index (χ2n) is 3.10. The molecule has 0 aromatic carbocycles. The van der Waals surface area contributed by atoms with Crippen LogP contribution in [0.4, 0.5) is 8.78 Å². The molecular weight excluding hydrogens is 164 g/mol. The highest BCUT2D eigenvalue weighted by Gasteiger charge is 2.59. The maximum absolute atomic E-state index is 12.6. The van der Waals surface area contributed by atoms with Crippen molar-refractivity contribution in [1.82, 2.24) is 5.16 Å². The average Bonchev–Trinajstić information content (AvgIpc) is 2.51. The normalized spacial score (nSPS) is 25.8. The number of halogens is 2. The van der Waals surface area contributed by atoms with Crippen molar-refractivity contribution in [2.24, 2.45) is 0 Å². The first kappa shape index (κ1) is 7.71. The molecule has 0 spiro atoms. The van der Waals surface area contributed by atoms with E-state index in [-0.39, 0.29) is 6.42 Å². The maximum Gasteiger partial charge on any atom is 0.257 e. The SMILES string of the molecule is CCc1conc1C1CC1(F)F. The monoisotopic (exact) mass is 173 g/mol. The number of nitrogens with zero attached hydrogens (tertiary/aromatic N) is 1. The highest BCUT2D eigenvalue weighted by molar-refractivity contribution is 5.28. The van der Waals surface area contributed by atoms with Crippen molar-refractivity contribution in [1.29, 1.82) is 0 Å². The van der Waals surface area contributed by atoms with Crippen molar-refractivity contribution in [3.63, 3.8) is 0 Å². The third-order valence-corrected chi connectivity index (χ3v) is 2.21. The van der Waals surface area contributed by atoms with Crippen molar-refractivity contribution in [3.8, 4) is 0 Å². The number of hydrogen-bond acceptors (Lipinski definition) is 2. The fourth-order valence-corrected chi connectivity index (χ4v) is 1.33. The molecule has 4 heteroatoms. The second kappa shape index (κ2) is 2.28. The molecule has 1 aromatic rings. The molecule has 1 fully saturated rings. The van der Waals surface area contributed by atoms with Crippen LogP contribution in [0.25, 0.3) is 0 Å². The molecule has 12 heavy (non-hydrogen) atoms. The van der Waals surface area contributed by atoms with Crippen LogP contribution in [-0.2, 0) is 6.42 Å². The van der Waals surface area contributed by atoms with Gasteiger partial charge in [0.05, 0.1) is 11.6 Å². The maximum atomic E-state index is 12.6. The second-order valence-corrected chi connectivity index (χ2v) is 3.10. The van der Waals surface area contributed by atoms with Gasteiger partial charge in [-0.3, -0.25) is 0 Å². The highest BCUT2D eigenvalue weighted by Crippen LogP contribution is 2.55. The predicted octanol–water partition coefficient (Wildman–Crippen LogP) is 2.36. The van der Waals surface area contributed by atoms with E-state index in [1.165, 1.54) is 6.26 Å². The van der Waals surface area contributed by atoms with Crippen molar-refractivity contribution < 1.29 is 13.3 Å². The summed E-state index contributed by atoms with van der Waals surface area (Å²) in [5.74, 6) is -3.23. The summed E-state index contributed by atoms with van der Waals surface area (Å²) in [6, 6.07) is 0. The van der Waals surface area contributed by atoms with E-state index in [4.69, 9.17) is 0 Å². The van der Waals surface area contributed by atoms with Crippen LogP contribution in [0.3, 0.4) is 0 Å². The number of hydrogen-bond donors (Lipinski definition) is 0. The minimum Gasteiger partial charge on any atom is -0.364 e. The molecule has 0 aliphatic heterocycles. The van der Waals surface area contributed by atoms with Gasteiger partial charge in [-0.15, -0.1) is 0 Å². The molecule has 1 aliphatic rings. The van der Waals surface area contributed by atoms with Gasteiger partial charge in [0.1, 0.15) is 6.26 Å². The Labute approximate surface area is 68.5 Å². The average molecular weight is 173 g/mol. The largest absolute Gasteiger partial charge is 0.364 e. The molecule has 0 radical (unpaired) electrons. The number of alkyl halides is 2. The number of aryl methyl sites for hydroxylation is 1. The zero-order chi connectivity index (χ0) is 8.77. The fourth-order valence-electron chi connectivity index (χ4n) is 1.33. The summed E-state index contributed by atoms with van der Waals surface area (Å²) >= 11 is 0. The van der Waals surface area contributed by atoms with Gasteiger partial charge in [0.15, 0.2) is 0 Å². The summed E-state index contributed by atoms with van der Waals surface area (Å²) in [5, 5.41) is 3.59. The zero-order valence-corrected chi connectivity index (χ0v) is 6.68. The van der Waals surface area contributed by atoms with Gasteiger partial charge in [0.2, 0.25) is 0 Å². The van der Waals surface area contributed by atoms with Crippen molar-refractivity contribution in [2.45, 2.75) is 31.6 Å². The lowest BCUT2D eigenvalue weighted by atomic mass is 10.1. The Hall–Kier alpha value is -0.930. The van der Waals surface area contributed by atoms with Gasteiger partial charge in [0.25, 0.3) is 5.92 Å². The standard InChI is InChI=1S/C8H9F2NO/c1-2-5-4-12-11-7(5)6-3-8(6,9)10/h4,6H,2-3H2,1H3. The fraction of sp³-hybridized carbons (Fsp3) is 0.625. The van der Waals surface area contributed by atoms with Gasteiger partial charge >= 0.3 is 0 Å². The minimum atomic E-state index is -2.54. The Balaban J connectivity index is 2.24. The highest BCUT2D eigenvalue weighted by atomic mass is 19.3. The van der Waals surface area contributed by atoms with E-state index < -0.39 is 11.8 Å². The van der Waals surface area contributed by atoms with Crippen LogP contribution in [0.2, 0.25) is 0 Å². The van der Waals surface area contributed by atoms with Crippen LogP contribution < -0.4 is 0 Å². The molecule has 1 unspecified atom stereocenters. The van der Waals surface area contributed by atoms with Crippen LogP contribution in [0.15, 0.2) is 10.8 Å². The van der Waals surface area contributed by atoms with Crippen molar-refractivity contribution in [3.05, 3.63) is 17.5 Å². The molecular formula is C8H9F2NO. The third-order valence-electron chi connectivity index (χ3n) is 2.21. The number of aromatic nitrogens is 1. The quantitative estimate of drug-likeness (QED) is 0.686. The molecule has 1 saturated carbocycles. The Morgan fingerprint density at radius 2 is 2.42 bits per heavy atom. The van der Waals surface area contributed by atoms with Gasteiger partial charge in [-0.1, -0.05) is 12.1 Å².